The van der Waals surface area contributed by atoms with Crippen molar-refractivity contribution in [2.75, 3.05) is 31.8 Å². The highest BCUT2D eigenvalue weighted by Gasteiger charge is 2.30. The second-order valence-electron chi connectivity index (χ2n) is 6.64. The highest BCUT2D eigenvalue weighted by Crippen LogP contribution is 2.34. The maximum absolute atomic E-state index is 12.5. The van der Waals surface area contributed by atoms with Crippen LogP contribution in [0.4, 0.5) is 21.0 Å². The summed E-state index contributed by atoms with van der Waals surface area (Å²) in [4.78, 5) is 46.3. The Balaban J connectivity index is 1.50. The van der Waals surface area contributed by atoms with E-state index in [4.69, 9.17) is 24.1 Å². The first-order chi connectivity index (χ1) is 15.7. The van der Waals surface area contributed by atoms with E-state index in [9.17, 15) is 24.5 Å². The minimum Gasteiger partial charge on any atom is -0.490 e. The van der Waals surface area contributed by atoms with E-state index < -0.39 is 29.1 Å². The minimum atomic E-state index is -1.34. The Morgan fingerprint density at radius 1 is 1.21 bits per heavy atom. The summed E-state index contributed by atoms with van der Waals surface area (Å²) in [6.07, 6.45) is -2.35. The normalized spacial score (nSPS) is 14.9. The summed E-state index contributed by atoms with van der Waals surface area (Å²) >= 11 is 0. The molecule has 0 saturated carbocycles. The summed E-state index contributed by atoms with van der Waals surface area (Å²) in [6.45, 7) is -0.345. The first-order valence-corrected chi connectivity index (χ1v) is 9.50. The molecule has 2 N–H and O–H groups in total. The van der Waals surface area contributed by atoms with Gasteiger partial charge in [-0.1, -0.05) is 0 Å². The van der Waals surface area contributed by atoms with Crippen LogP contribution in [0, 0.1) is 10.1 Å². The first-order valence-electron chi connectivity index (χ1n) is 9.50. The number of hydrogen-bond donors (Lipinski definition) is 2. The van der Waals surface area contributed by atoms with Crippen LogP contribution in [0.3, 0.4) is 0 Å². The van der Waals surface area contributed by atoms with Gasteiger partial charge in [0.25, 0.3) is 11.6 Å². The number of hydrogen-bond acceptors (Lipinski definition) is 9. The van der Waals surface area contributed by atoms with Crippen LogP contribution in [0.25, 0.3) is 0 Å². The second kappa shape index (κ2) is 10.2. The molecule has 1 atom stereocenters. The van der Waals surface area contributed by atoms with Crippen LogP contribution >= 0.6 is 0 Å². The van der Waals surface area contributed by atoms with Gasteiger partial charge >= 0.3 is 12.2 Å². The molecule has 0 fully saturated rings. The first kappa shape index (κ1) is 23.1. The minimum absolute atomic E-state index is 0.0319. The molecule has 0 aliphatic carbocycles. The van der Waals surface area contributed by atoms with E-state index in [-0.39, 0.29) is 31.3 Å². The van der Waals surface area contributed by atoms with Gasteiger partial charge in [-0.15, -0.1) is 0 Å². The molecular weight excluding hydrogens is 442 g/mol. The maximum atomic E-state index is 12.5. The number of carboxylic acid groups (broad SMARTS) is 1. The fourth-order valence-corrected chi connectivity index (χ4v) is 2.87. The molecule has 33 heavy (non-hydrogen) atoms. The molecule has 13 heteroatoms. The summed E-state index contributed by atoms with van der Waals surface area (Å²) in [5, 5.41) is 21.6. The van der Waals surface area contributed by atoms with Crippen LogP contribution in [0.1, 0.15) is 0 Å². The third-order valence-corrected chi connectivity index (χ3v) is 4.44. The molecule has 3 rings (SSSR count). The zero-order chi connectivity index (χ0) is 24.0. The van der Waals surface area contributed by atoms with Crippen molar-refractivity contribution in [3.8, 4) is 17.2 Å². The van der Waals surface area contributed by atoms with Gasteiger partial charge in [-0.3, -0.25) is 14.9 Å². The van der Waals surface area contributed by atoms with Crippen LogP contribution in [0.5, 0.6) is 17.2 Å². The molecule has 2 amide bonds. The molecule has 0 bridgehead atoms. The number of carbonyl (C=O) groups is 3. The number of nitrogens with zero attached hydrogens (tertiary/aromatic N) is 2. The molecule has 1 aliphatic rings. The van der Waals surface area contributed by atoms with Crippen molar-refractivity contribution in [2.24, 2.45) is 0 Å². The number of benzene rings is 2. The third-order valence-electron chi connectivity index (χ3n) is 4.44. The molecule has 0 spiro atoms. The number of rotatable bonds is 7. The summed E-state index contributed by atoms with van der Waals surface area (Å²) in [5.41, 5.74) is 0.238. The van der Waals surface area contributed by atoms with Crippen molar-refractivity contribution in [3.63, 3.8) is 0 Å². The number of fused-ring (bicyclic) bond motifs is 1. The Morgan fingerprint density at radius 3 is 2.58 bits per heavy atom. The van der Waals surface area contributed by atoms with Gasteiger partial charge in [-0.2, -0.15) is 0 Å². The van der Waals surface area contributed by atoms with E-state index in [1.165, 1.54) is 42.3 Å². The number of amides is 2. The molecule has 0 radical (unpaired) electrons. The molecule has 13 nitrogen and oxygen atoms in total. The Bertz CT molecular complexity index is 1060. The zero-order valence-electron chi connectivity index (χ0n) is 17.3. The van der Waals surface area contributed by atoms with E-state index in [1.54, 1.807) is 12.1 Å². The summed E-state index contributed by atoms with van der Waals surface area (Å²) < 4.78 is 20.8. The fourth-order valence-electron chi connectivity index (χ4n) is 2.87. The van der Waals surface area contributed by atoms with Crippen molar-refractivity contribution in [2.45, 2.75) is 6.04 Å². The van der Waals surface area contributed by atoms with E-state index in [1.807, 2.05) is 0 Å². The van der Waals surface area contributed by atoms with Crippen LogP contribution < -0.4 is 24.4 Å². The number of anilines is 1. The molecular formula is C20H19N3O10. The van der Waals surface area contributed by atoms with Crippen LogP contribution in [0.2, 0.25) is 0 Å². The van der Waals surface area contributed by atoms with Crippen molar-refractivity contribution >= 4 is 29.5 Å². The summed E-state index contributed by atoms with van der Waals surface area (Å²) in [7, 11) is 1.48. The second-order valence-corrected chi connectivity index (χ2v) is 6.64. The van der Waals surface area contributed by atoms with Crippen LogP contribution in [-0.4, -0.2) is 61.1 Å². The van der Waals surface area contributed by atoms with Gasteiger partial charge in [0, 0.05) is 25.2 Å². The zero-order valence-corrected chi connectivity index (χ0v) is 17.3. The number of ether oxygens (including phenoxy) is 4. The Hall–Kier alpha value is -4.55. The number of carbonyl (C=O) groups excluding carboxylic acids is 2. The largest absolute Gasteiger partial charge is 0.513 e. The van der Waals surface area contributed by atoms with Crippen LogP contribution in [0.15, 0.2) is 42.5 Å². The van der Waals surface area contributed by atoms with Gasteiger partial charge in [0.1, 0.15) is 43.1 Å². The van der Waals surface area contributed by atoms with Gasteiger partial charge in [-0.05, 0) is 24.3 Å². The Labute approximate surface area is 186 Å². The predicted octanol–water partition coefficient (Wildman–Crippen LogP) is 2.18. The topological polar surface area (TPSA) is 167 Å². The molecule has 1 heterocycles. The molecule has 1 aliphatic heterocycles. The van der Waals surface area contributed by atoms with E-state index in [2.05, 4.69) is 5.32 Å². The van der Waals surface area contributed by atoms with Crippen molar-refractivity contribution in [1.82, 2.24) is 5.32 Å². The van der Waals surface area contributed by atoms with Crippen LogP contribution in [-0.2, 0) is 9.53 Å². The predicted molar refractivity (Wildman–Crippen MR) is 111 cm³/mol. The molecule has 2 aromatic rings. The Kier molecular flexibility index (Phi) is 7.13. The van der Waals surface area contributed by atoms with Crippen molar-refractivity contribution in [1.29, 1.82) is 0 Å². The smallest absolute Gasteiger partial charge is 0.490 e. The summed E-state index contributed by atoms with van der Waals surface area (Å²) in [6, 6.07) is 8.54. The van der Waals surface area contributed by atoms with Gasteiger partial charge in [0.2, 0.25) is 0 Å². The fraction of sp³-hybridized carbons (Fsp3) is 0.250. The monoisotopic (exact) mass is 461 g/mol. The standard InChI is InChI=1S/C20H19N3O10/c1-22-16-10-14(6-7-17(16)32-11-15(18(22)24)21-19(25)26)30-8-9-31-20(27)33-13-4-2-12(3-5-13)23(28)29/h2-7,10,15,21H,8-9,11H2,1H3,(H,25,26)/t15-/m0/s1. The lowest BCUT2D eigenvalue weighted by atomic mass is 10.2. The molecule has 2 aromatic carbocycles. The van der Waals surface area contributed by atoms with E-state index in [0.717, 1.165) is 0 Å². The maximum Gasteiger partial charge on any atom is 0.513 e. The van der Waals surface area contributed by atoms with Crippen molar-refractivity contribution < 1.29 is 43.4 Å². The number of nitro groups is 1. The molecule has 0 unspecified atom stereocenters. The highest BCUT2D eigenvalue weighted by atomic mass is 16.7. The molecule has 0 aromatic heterocycles. The average Bonchev–Trinajstić information content (AvgIpc) is 2.89. The number of non-ortho nitro benzene ring substituents is 1. The van der Waals surface area contributed by atoms with E-state index >= 15 is 0 Å². The van der Waals surface area contributed by atoms with Crippen molar-refractivity contribution in [3.05, 3.63) is 52.6 Å². The number of nitrogens with one attached hydrogen (secondary N) is 1. The Morgan fingerprint density at radius 2 is 1.91 bits per heavy atom. The summed E-state index contributed by atoms with van der Waals surface area (Å²) in [5.74, 6) is 0.316. The average molecular weight is 461 g/mol. The third kappa shape index (κ3) is 6.00. The quantitative estimate of drug-likeness (QED) is 0.205. The van der Waals surface area contributed by atoms with Gasteiger partial charge in [-0.25, -0.2) is 9.59 Å². The highest BCUT2D eigenvalue weighted by molar-refractivity contribution is 6.00. The lowest BCUT2D eigenvalue weighted by molar-refractivity contribution is -0.384. The lowest BCUT2D eigenvalue weighted by Crippen LogP contribution is -2.48. The molecule has 174 valence electrons. The SMILES string of the molecule is CN1C(=O)[C@@H](NC(=O)O)COc2ccc(OCCOC(=O)Oc3ccc([N+](=O)[O-])cc3)cc21. The van der Waals surface area contributed by atoms with Gasteiger partial charge in [0.05, 0.1) is 10.6 Å². The lowest BCUT2D eigenvalue weighted by Gasteiger charge is -2.20. The molecule has 0 saturated heterocycles. The number of nitro benzene ring substituents is 1. The van der Waals surface area contributed by atoms with Gasteiger partial charge < -0.3 is 34.3 Å². The van der Waals surface area contributed by atoms with Gasteiger partial charge in [0.15, 0.2) is 0 Å². The van der Waals surface area contributed by atoms with E-state index in [0.29, 0.717) is 17.2 Å². The number of likely N-dealkylation sites (N-methyl/N-ethyl adjacent to an activating group) is 1.